The average molecular weight is 158 g/mol. The molecule has 0 saturated heterocycles. The number of carboxylic acid groups (broad SMARTS) is 2. The van der Waals surface area contributed by atoms with Gasteiger partial charge in [0.1, 0.15) is 0 Å². The quantitative estimate of drug-likeness (QED) is 0.601. The van der Waals surface area contributed by atoms with Crippen LogP contribution in [0.3, 0.4) is 0 Å². The predicted octanol–water partition coefficient (Wildman–Crippen LogP) is 1.31. The highest BCUT2D eigenvalue weighted by Crippen LogP contribution is 1.92. The van der Waals surface area contributed by atoms with Crippen LogP contribution in [0.1, 0.15) is 10.6 Å². The number of rotatable bonds is 1. The molecule has 5 heteroatoms. The molecule has 0 unspecified atom stereocenters. The number of carbonyl (C=O) groups is 2. The third-order valence-electron chi connectivity index (χ3n) is 0.659. The zero-order chi connectivity index (χ0) is 8.69. The first-order valence-electron chi connectivity index (χ1n) is 2.57. The second-order valence-electron chi connectivity index (χ2n) is 1.42. The molecule has 1 aromatic rings. The van der Waals surface area contributed by atoms with Crippen LogP contribution in [0.2, 0.25) is 0 Å². The van der Waals surface area contributed by atoms with Crippen LogP contribution < -0.4 is 0 Å². The number of hydrogen-bond acceptors (Lipinski definition) is 3. The summed E-state index contributed by atoms with van der Waals surface area (Å²) < 4.78 is 4.61. The van der Waals surface area contributed by atoms with Crippen molar-refractivity contribution in [1.82, 2.24) is 0 Å². The van der Waals surface area contributed by atoms with Gasteiger partial charge in [-0.15, -0.1) is 0 Å². The van der Waals surface area contributed by atoms with E-state index in [1.54, 1.807) is 12.1 Å². The smallest absolute Gasteiger partial charge is 0.462 e. The molecule has 11 heavy (non-hydrogen) atoms. The van der Waals surface area contributed by atoms with Crippen LogP contribution >= 0.6 is 0 Å². The molecule has 1 heterocycles. The van der Waals surface area contributed by atoms with Gasteiger partial charge in [-0.3, -0.25) is 4.79 Å². The van der Waals surface area contributed by atoms with E-state index in [9.17, 15) is 4.79 Å². The van der Waals surface area contributed by atoms with Crippen molar-refractivity contribution in [3.63, 3.8) is 0 Å². The summed E-state index contributed by atoms with van der Waals surface area (Å²) in [6.45, 7) is 0. The molecule has 0 radical (unpaired) electrons. The van der Waals surface area contributed by atoms with Crippen molar-refractivity contribution < 1.29 is 24.2 Å². The van der Waals surface area contributed by atoms with E-state index in [0.717, 1.165) is 0 Å². The van der Waals surface area contributed by atoms with Crippen molar-refractivity contribution in [3.8, 4) is 0 Å². The van der Waals surface area contributed by atoms with E-state index in [-0.39, 0.29) is 0 Å². The van der Waals surface area contributed by atoms with Gasteiger partial charge >= 0.3 is 6.16 Å². The maximum Gasteiger partial charge on any atom is 0.503 e. The lowest BCUT2D eigenvalue weighted by molar-refractivity contribution is 0.110. The van der Waals surface area contributed by atoms with Crippen LogP contribution in [-0.2, 0) is 0 Å². The van der Waals surface area contributed by atoms with Gasteiger partial charge in [0.2, 0.25) is 0 Å². The lowest BCUT2D eigenvalue weighted by Crippen LogP contribution is -1.81. The van der Waals surface area contributed by atoms with Crippen LogP contribution in [0.25, 0.3) is 0 Å². The van der Waals surface area contributed by atoms with Crippen molar-refractivity contribution in [2.24, 2.45) is 0 Å². The van der Waals surface area contributed by atoms with E-state index in [0.29, 0.717) is 12.0 Å². The van der Waals surface area contributed by atoms with E-state index in [4.69, 9.17) is 15.0 Å². The summed E-state index contributed by atoms with van der Waals surface area (Å²) in [5.41, 5.74) is 0. The molecule has 0 aliphatic rings. The average Bonchev–Trinajstić information content (AvgIpc) is 2.36. The molecule has 0 aromatic carbocycles. The first-order valence-corrected chi connectivity index (χ1v) is 2.57. The third kappa shape index (κ3) is 6.10. The second-order valence-corrected chi connectivity index (χ2v) is 1.42. The molecule has 1 rings (SSSR count). The largest absolute Gasteiger partial charge is 0.503 e. The molecule has 0 atom stereocenters. The van der Waals surface area contributed by atoms with Gasteiger partial charge in [-0.1, -0.05) is 0 Å². The first kappa shape index (κ1) is 9.22. The molecule has 0 aliphatic heterocycles. The fourth-order valence-electron chi connectivity index (χ4n) is 0.358. The van der Waals surface area contributed by atoms with Gasteiger partial charge < -0.3 is 14.6 Å². The van der Waals surface area contributed by atoms with Gasteiger partial charge in [0, 0.05) is 0 Å². The summed E-state index contributed by atoms with van der Waals surface area (Å²) in [6.07, 6.45) is 0.295. The molecule has 5 nitrogen and oxygen atoms in total. The van der Waals surface area contributed by atoms with Crippen molar-refractivity contribution in [3.05, 3.63) is 24.2 Å². The molecule has 0 bridgehead atoms. The lowest BCUT2D eigenvalue weighted by Gasteiger charge is -1.68. The van der Waals surface area contributed by atoms with E-state index in [1.807, 2.05) is 0 Å². The van der Waals surface area contributed by atoms with Crippen LogP contribution in [0, 0.1) is 0 Å². The Balaban J connectivity index is 0.000000218. The molecule has 2 N–H and O–H groups in total. The fourth-order valence-corrected chi connectivity index (χ4v) is 0.358. The van der Waals surface area contributed by atoms with Gasteiger partial charge in [0.15, 0.2) is 12.0 Å². The summed E-state index contributed by atoms with van der Waals surface area (Å²) in [4.78, 5) is 18.3. The maximum atomic E-state index is 9.77. The number of aldehydes is 1. The fraction of sp³-hybridized carbons (Fsp3) is 0. The highest BCUT2D eigenvalue weighted by Gasteiger charge is 1.84. The number of hydrogen-bond donors (Lipinski definition) is 2. The predicted molar refractivity (Wildman–Crippen MR) is 34.7 cm³/mol. The summed E-state index contributed by atoms with van der Waals surface area (Å²) in [5.74, 6) is 0.375. The van der Waals surface area contributed by atoms with Crippen molar-refractivity contribution >= 4 is 12.4 Å². The van der Waals surface area contributed by atoms with Crippen molar-refractivity contribution in [1.29, 1.82) is 0 Å². The molecule has 60 valence electrons. The Bertz CT molecular complexity index is 209. The molecule has 0 spiro atoms. The number of furan rings is 1. The van der Waals surface area contributed by atoms with Crippen LogP contribution in [0.4, 0.5) is 4.79 Å². The van der Waals surface area contributed by atoms with Gasteiger partial charge in [0.05, 0.1) is 6.26 Å². The van der Waals surface area contributed by atoms with Crippen LogP contribution in [0.5, 0.6) is 0 Å². The minimum Gasteiger partial charge on any atom is -0.462 e. The third-order valence-corrected chi connectivity index (χ3v) is 0.659. The summed E-state index contributed by atoms with van der Waals surface area (Å²) >= 11 is 0. The van der Waals surface area contributed by atoms with Gasteiger partial charge in [-0.2, -0.15) is 0 Å². The van der Waals surface area contributed by atoms with Crippen molar-refractivity contribution in [2.45, 2.75) is 0 Å². The van der Waals surface area contributed by atoms with E-state index in [1.165, 1.54) is 6.26 Å². The minimum absolute atomic E-state index is 0.375. The Morgan fingerprint density at radius 3 is 2.27 bits per heavy atom. The molecular weight excluding hydrogens is 152 g/mol. The summed E-state index contributed by atoms with van der Waals surface area (Å²) in [5, 5.41) is 13.9. The summed E-state index contributed by atoms with van der Waals surface area (Å²) in [7, 11) is 0. The van der Waals surface area contributed by atoms with E-state index >= 15 is 0 Å². The highest BCUT2D eigenvalue weighted by molar-refractivity contribution is 5.69. The molecule has 0 fully saturated rings. The normalized spacial score (nSPS) is 7.64. The second kappa shape index (κ2) is 5.04. The highest BCUT2D eigenvalue weighted by atomic mass is 16.6. The Morgan fingerprint density at radius 2 is 2.09 bits per heavy atom. The van der Waals surface area contributed by atoms with Gasteiger partial charge in [-0.25, -0.2) is 4.79 Å². The standard InChI is InChI=1S/C5H4O2.CH2O3/c6-4-5-2-1-3-7-5;2-1(3)4/h1-4H;(H2,2,3,4). The van der Waals surface area contributed by atoms with E-state index < -0.39 is 6.16 Å². The molecule has 0 amide bonds. The van der Waals surface area contributed by atoms with Crippen LogP contribution in [-0.4, -0.2) is 22.7 Å². The monoisotopic (exact) mass is 158 g/mol. The van der Waals surface area contributed by atoms with Gasteiger partial charge in [-0.05, 0) is 12.1 Å². The Morgan fingerprint density at radius 1 is 1.55 bits per heavy atom. The van der Waals surface area contributed by atoms with Crippen molar-refractivity contribution in [2.75, 3.05) is 0 Å². The number of carbonyl (C=O) groups excluding carboxylic acids is 1. The first-order chi connectivity index (χ1) is 5.16. The SMILES string of the molecule is O=C(O)O.O=Cc1ccco1. The Kier molecular flexibility index (Phi) is 4.22. The minimum atomic E-state index is -1.83. The zero-order valence-corrected chi connectivity index (χ0v) is 5.43. The molecule has 1 aromatic heterocycles. The van der Waals surface area contributed by atoms with Crippen LogP contribution in [0.15, 0.2) is 22.8 Å². The molecule has 0 aliphatic carbocycles. The maximum absolute atomic E-state index is 9.77. The lowest BCUT2D eigenvalue weighted by atomic mass is 10.5. The molecular formula is C6H6O5. The zero-order valence-electron chi connectivity index (χ0n) is 5.43. The molecule has 0 saturated carbocycles. The Labute approximate surface area is 61.9 Å². The van der Waals surface area contributed by atoms with E-state index in [2.05, 4.69) is 4.42 Å². The topological polar surface area (TPSA) is 87.7 Å². The van der Waals surface area contributed by atoms with Gasteiger partial charge in [0.25, 0.3) is 0 Å². The Hall–Kier alpha value is -1.78. The summed E-state index contributed by atoms with van der Waals surface area (Å²) in [6, 6.07) is 3.27.